The zero-order chi connectivity index (χ0) is 13.9. The Hall–Kier alpha value is -1.14. The van der Waals surface area contributed by atoms with Crippen molar-refractivity contribution < 1.29 is 14.7 Å². The van der Waals surface area contributed by atoms with Crippen LogP contribution < -0.4 is 10.6 Å². The van der Waals surface area contributed by atoms with Crippen LogP contribution in [0.2, 0.25) is 0 Å². The number of rotatable bonds is 4. The average molecular weight is 257 g/mol. The first kappa shape index (κ1) is 14.9. The van der Waals surface area contributed by atoms with Crippen LogP contribution in [-0.2, 0) is 9.59 Å². The molecule has 1 aliphatic rings. The molecule has 0 saturated carbocycles. The number of aliphatic hydroxyl groups excluding tert-OH is 1. The summed E-state index contributed by atoms with van der Waals surface area (Å²) in [7, 11) is 3.26. The molecule has 0 radical (unpaired) electrons. The molecule has 0 spiro atoms. The lowest BCUT2D eigenvalue weighted by atomic mass is 10.0. The number of nitrogens with one attached hydrogen (secondary N) is 2. The number of hydrogen-bond acceptors (Lipinski definition) is 4. The van der Waals surface area contributed by atoms with Gasteiger partial charge < -0.3 is 20.6 Å². The fourth-order valence-electron chi connectivity index (χ4n) is 2.39. The summed E-state index contributed by atoms with van der Waals surface area (Å²) >= 11 is 0. The van der Waals surface area contributed by atoms with E-state index in [2.05, 4.69) is 10.6 Å². The van der Waals surface area contributed by atoms with Gasteiger partial charge in [-0.25, -0.2) is 0 Å². The van der Waals surface area contributed by atoms with E-state index in [1.54, 1.807) is 7.05 Å². The fourth-order valence-corrected chi connectivity index (χ4v) is 2.39. The summed E-state index contributed by atoms with van der Waals surface area (Å²) in [6.45, 7) is 4.11. The van der Waals surface area contributed by atoms with Crippen molar-refractivity contribution >= 4 is 11.8 Å². The predicted octanol–water partition coefficient (Wildman–Crippen LogP) is -1.06. The van der Waals surface area contributed by atoms with E-state index in [0.29, 0.717) is 6.42 Å². The molecule has 0 unspecified atom stereocenters. The van der Waals surface area contributed by atoms with E-state index in [1.807, 2.05) is 13.8 Å². The van der Waals surface area contributed by atoms with E-state index in [-0.39, 0.29) is 30.3 Å². The van der Waals surface area contributed by atoms with Gasteiger partial charge in [0.25, 0.3) is 0 Å². The molecule has 18 heavy (non-hydrogen) atoms. The second-order valence-corrected chi connectivity index (χ2v) is 5.02. The Balaban J connectivity index is 2.85. The van der Waals surface area contributed by atoms with Gasteiger partial charge in [0.15, 0.2) is 0 Å². The van der Waals surface area contributed by atoms with E-state index in [1.165, 1.54) is 11.9 Å². The number of nitrogens with zero attached hydrogens (tertiary/aromatic N) is 1. The summed E-state index contributed by atoms with van der Waals surface area (Å²) < 4.78 is 0. The topological polar surface area (TPSA) is 81.7 Å². The second-order valence-electron chi connectivity index (χ2n) is 5.02. The first-order valence-electron chi connectivity index (χ1n) is 6.29. The zero-order valence-corrected chi connectivity index (χ0v) is 11.4. The Morgan fingerprint density at radius 1 is 1.33 bits per heavy atom. The molecule has 104 valence electrons. The molecule has 6 heteroatoms. The molecule has 3 N–H and O–H groups in total. The molecular formula is C12H23N3O3. The molecule has 3 atom stereocenters. The van der Waals surface area contributed by atoms with Gasteiger partial charge in [0.1, 0.15) is 6.04 Å². The Kier molecular flexibility index (Phi) is 5.10. The molecule has 1 rings (SSSR count). The van der Waals surface area contributed by atoms with Crippen LogP contribution >= 0.6 is 0 Å². The number of hydrogen-bond donors (Lipinski definition) is 3. The first-order valence-corrected chi connectivity index (χ1v) is 6.29. The van der Waals surface area contributed by atoms with Crippen LogP contribution in [0.5, 0.6) is 0 Å². The highest BCUT2D eigenvalue weighted by Crippen LogP contribution is 2.20. The van der Waals surface area contributed by atoms with Crippen LogP contribution in [0.3, 0.4) is 0 Å². The van der Waals surface area contributed by atoms with Gasteiger partial charge >= 0.3 is 0 Å². The Morgan fingerprint density at radius 3 is 2.39 bits per heavy atom. The Bertz CT molecular complexity index is 320. The molecule has 1 aliphatic heterocycles. The number of likely N-dealkylation sites (N-methyl/N-ethyl adjacent to an activating group) is 2. The predicted molar refractivity (Wildman–Crippen MR) is 67.9 cm³/mol. The van der Waals surface area contributed by atoms with E-state index in [4.69, 9.17) is 0 Å². The largest absolute Gasteiger partial charge is 0.391 e. The van der Waals surface area contributed by atoms with Gasteiger partial charge in [0, 0.05) is 20.0 Å². The quantitative estimate of drug-likeness (QED) is 0.599. The second kappa shape index (κ2) is 6.15. The van der Waals surface area contributed by atoms with Crippen molar-refractivity contribution in [2.45, 2.75) is 38.5 Å². The van der Waals surface area contributed by atoms with Crippen LogP contribution in [-0.4, -0.2) is 60.6 Å². The molecule has 2 amide bonds. The van der Waals surface area contributed by atoms with Crippen molar-refractivity contribution in [3.05, 3.63) is 0 Å². The van der Waals surface area contributed by atoms with Gasteiger partial charge in [0.05, 0.1) is 12.1 Å². The standard InChI is InChI=1S/C12H23N3O3/c1-7(2)10(13-3)12(18)15-6-8(16)5-9(15)11(17)14-4/h7-10,13,16H,5-6H2,1-4H3,(H,14,17)/t8-,9+,10+/m1/s1. The number of amides is 2. The molecular weight excluding hydrogens is 234 g/mol. The lowest BCUT2D eigenvalue weighted by Gasteiger charge is -2.29. The lowest BCUT2D eigenvalue weighted by molar-refractivity contribution is -0.140. The maximum atomic E-state index is 12.4. The van der Waals surface area contributed by atoms with Crippen molar-refractivity contribution in [2.75, 3.05) is 20.6 Å². The molecule has 0 aromatic carbocycles. The highest BCUT2D eigenvalue weighted by atomic mass is 16.3. The minimum atomic E-state index is -0.624. The number of carbonyl (C=O) groups excluding carboxylic acids is 2. The maximum absolute atomic E-state index is 12.4. The summed E-state index contributed by atoms with van der Waals surface area (Å²) in [6.07, 6.45) is -0.319. The zero-order valence-electron chi connectivity index (χ0n) is 11.4. The third-order valence-electron chi connectivity index (χ3n) is 3.35. The van der Waals surface area contributed by atoms with Crippen molar-refractivity contribution in [3.8, 4) is 0 Å². The van der Waals surface area contributed by atoms with Crippen LogP contribution in [0.15, 0.2) is 0 Å². The summed E-state index contributed by atoms with van der Waals surface area (Å²) in [5, 5.41) is 15.2. The van der Waals surface area contributed by atoms with E-state index >= 15 is 0 Å². The lowest BCUT2D eigenvalue weighted by Crippen LogP contribution is -2.53. The Morgan fingerprint density at radius 2 is 1.94 bits per heavy atom. The van der Waals surface area contributed by atoms with Gasteiger partial charge in [-0.1, -0.05) is 13.8 Å². The van der Waals surface area contributed by atoms with Crippen molar-refractivity contribution in [2.24, 2.45) is 5.92 Å². The molecule has 1 saturated heterocycles. The monoisotopic (exact) mass is 257 g/mol. The number of carbonyl (C=O) groups is 2. The molecule has 0 bridgehead atoms. The van der Waals surface area contributed by atoms with Crippen molar-refractivity contribution in [3.63, 3.8) is 0 Å². The van der Waals surface area contributed by atoms with Gasteiger partial charge in [-0.2, -0.15) is 0 Å². The van der Waals surface area contributed by atoms with Gasteiger partial charge in [-0.05, 0) is 13.0 Å². The molecule has 0 aromatic heterocycles. The van der Waals surface area contributed by atoms with Crippen LogP contribution in [0, 0.1) is 5.92 Å². The molecule has 1 fully saturated rings. The van der Waals surface area contributed by atoms with Gasteiger partial charge in [-0.15, -0.1) is 0 Å². The average Bonchev–Trinajstić information content (AvgIpc) is 2.70. The van der Waals surface area contributed by atoms with E-state index in [9.17, 15) is 14.7 Å². The highest BCUT2D eigenvalue weighted by Gasteiger charge is 2.40. The number of likely N-dealkylation sites (tertiary alicyclic amines) is 1. The summed E-state index contributed by atoms with van der Waals surface area (Å²) in [4.78, 5) is 25.6. The first-order chi connectivity index (χ1) is 8.42. The van der Waals surface area contributed by atoms with Crippen LogP contribution in [0.25, 0.3) is 0 Å². The van der Waals surface area contributed by atoms with Crippen LogP contribution in [0.1, 0.15) is 20.3 Å². The molecule has 0 aromatic rings. The minimum absolute atomic E-state index is 0.127. The highest BCUT2D eigenvalue weighted by molar-refractivity contribution is 5.90. The van der Waals surface area contributed by atoms with Gasteiger partial charge in [-0.3, -0.25) is 9.59 Å². The smallest absolute Gasteiger partial charge is 0.242 e. The number of aliphatic hydroxyl groups is 1. The van der Waals surface area contributed by atoms with Gasteiger partial charge in [0.2, 0.25) is 11.8 Å². The van der Waals surface area contributed by atoms with Crippen LogP contribution in [0.4, 0.5) is 0 Å². The normalized spacial score (nSPS) is 25.3. The third-order valence-corrected chi connectivity index (χ3v) is 3.35. The molecule has 0 aliphatic carbocycles. The number of β-amino-alcohol motifs (C(OH)–C–C–N with tert-alkyl or cyclic N) is 1. The molecule has 6 nitrogen and oxygen atoms in total. The SMILES string of the molecule is CNC(=O)[C@@H]1C[C@@H](O)CN1C(=O)[C@@H](NC)C(C)C. The van der Waals surface area contributed by atoms with Crippen molar-refractivity contribution in [1.29, 1.82) is 0 Å². The van der Waals surface area contributed by atoms with E-state index < -0.39 is 12.1 Å². The molecule has 1 heterocycles. The maximum Gasteiger partial charge on any atom is 0.242 e. The van der Waals surface area contributed by atoms with E-state index in [0.717, 1.165) is 0 Å². The third kappa shape index (κ3) is 3.00. The summed E-state index contributed by atoms with van der Waals surface area (Å²) in [5.41, 5.74) is 0. The Labute approximate surface area is 108 Å². The minimum Gasteiger partial charge on any atom is -0.391 e. The van der Waals surface area contributed by atoms with Crippen molar-refractivity contribution in [1.82, 2.24) is 15.5 Å². The summed E-state index contributed by atoms with van der Waals surface area (Å²) in [5.74, 6) is -0.221. The fraction of sp³-hybridized carbons (Fsp3) is 0.833. The summed E-state index contributed by atoms with van der Waals surface area (Å²) in [6, 6.07) is -0.894.